The highest BCUT2D eigenvalue weighted by atomic mass is 32.2. The van der Waals surface area contributed by atoms with Gasteiger partial charge in [-0.05, 0) is 32.7 Å². The molecule has 1 unspecified atom stereocenters. The number of hydrogen-bond donors (Lipinski definition) is 1. The molecule has 1 rings (SSSR count). The molecule has 1 aliphatic carbocycles. The molecule has 0 aliphatic heterocycles. The molecule has 0 bridgehead atoms. The van der Waals surface area contributed by atoms with Gasteiger partial charge < -0.3 is 5.32 Å². The van der Waals surface area contributed by atoms with Crippen LogP contribution in [0, 0.1) is 12.3 Å². The first kappa shape index (κ1) is 12.9. The van der Waals surface area contributed by atoms with Gasteiger partial charge in [0.1, 0.15) is 0 Å². The Hall–Kier alpha value is -0.130. The minimum atomic E-state index is 0.656. The molecule has 0 spiro atoms. The summed E-state index contributed by atoms with van der Waals surface area (Å²) in [6.45, 7) is 0. The second kappa shape index (κ2) is 8.07. The maximum absolute atomic E-state index is 5.25. The van der Waals surface area contributed by atoms with Gasteiger partial charge in [-0.15, -0.1) is 12.3 Å². The van der Waals surface area contributed by atoms with Gasteiger partial charge in [-0.3, -0.25) is 0 Å². The van der Waals surface area contributed by atoms with Crippen molar-refractivity contribution in [3.05, 3.63) is 0 Å². The molecule has 0 heterocycles. The van der Waals surface area contributed by atoms with Gasteiger partial charge in [-0.2, -0.15) is 11.8 Å². The number of rotatable bonds is 7. The minimum Gasteiger partial charge on any atom is -0.316 e. The summed E-state index contributed by atoms with van der Waals surface area (Å²) in [5.74, 6) is 3.97. The van der Waals surface area contributed by atoms with Crippen molar-refractivity contribution in [3.8, 4) is 12.3 Å². The van der Waals surface area contributed by atoms with Gasteiger partial charge in [-0.1, -0.05) is 12.8 Å². The highest BCUT2D eigenvalue weighted by Gasteiger charge is 2.16. The van der Waals surface area contributed by atoms with Crippen molar-refractivity contribution in [3.63, 3.8) is 0 Å². The maximum Gasteiger partial charge on any atom is 0.0155 e. The fraction of sp³-hybridized carbons (Fsp3) is 0.846. The molecule has 0 amide bonds. The molecule has 0 radical (unpaired) electrons. The largest absolute Gasteiger partial charge is 0.316 e. The zero-order valence-corrected chi connectivity index (χ0v) is 10.6. The predicted octanol–water partition coefficient (Wildman–Crippen LogP) is 3.05. The number of unbranched alkanes of at least 4 members (excludes halogenated alkanes) is 1. The first-order chi connectivity index (χ1) is 7.36. The van der Waals surface area contributed by atoms with Crippen molar-refractivity contribution in [2.45, 2.75) is 56.2 Å². The number of hydrogen-bond acceptors (Lipinski definition) is 2. The van der Waals surface area contributed by atoms with E-state index in [9.17, 15) is 0 Å². The molecular weight excluding hydrogens is 202 g/mol. The maximum atomic E-state index is 5.25. The van der Waals surface area contributed by atoms with Crippen molar-refractivity contribution in [2.75, 3.05) is 12.8 Å². The fourth-order valence-corrected chi connectivity index (χ4v) is 3.57. The standard InChI is InChI=1S/C13H23NS/c1-3-4-5-8-12(14-2)11-15-13-9-6-7-10-13/h1,12-14H,4-11H2,2H3. The third-order valence-electron chi connectivity index (χ3n) is 3.12. The van der Waals surface area contributed by atoms with Crippen LogP contribution in [0.25, 0.3) is 0 Å². The lowest BCUT2D eigenvalue weighted by Gasteiger charge is -2.17. The van der Waals surface area contributed by atoms with Gasteiger partial charge in [0.25, 0.3) is 0 Å². The number of terminal acetylenes is 1. The molecule has 15 heavy (non-hydrogen) atoms. The van der Waals surface area contributed by atoms with Crippen LogP contribution < -0.4 is 5.32 Å². The summed E-state index contributed by atoms with van der Waals surface area (Å²) in [5, 5.41) is 4.33. The minimum absolute atomic E-state index is 0.656. The van der Waals surface area contributed by atoms with Crippen LogP contribution in [0.15, 0.2) is 0 Å². The molecule has 1 saturated carbocycles. The van der Waals surface area contributed by atoms with Crippen molar-refractivity contribution in [1.82, 2.24) is 5.32 Å². The summed E-state index contributed by atoms with van der Waals surface area (Å²) in [7, 11) is 2.07. The van der Waals surface area contributed by atoms with E-state index in [1.165, 1.54) is 37.9 Å². The third-order valence-corrected chi connectivity index (χ3v) is 4.65. The van der Waals surface area contributed by atoms with E-state index in [0.29, 0.717) is 6.04 Å². The SMILES string of the molecule is C#CCCCC(CSC1CCCC1)NC. The second-order valence-corrected chi connectivity index (χ2v) is 5.66. The van der Waals surface area contributed by atoms with Crippen molar-refractivity contribution >= 4 is 11.8 Å². The van der Waals surface area contributed by atoms with Gasteiger partial charge in [0.2, 0.25) is 0 Å². The Kier molecular flexibility index (Phi) is 6.96. The lowest BCUT2D eigenvalue weighted by Crippen LogP contribution is -2.28. The average molecular weight is 225 g/mol. The summed E-state index contributed by atoms with van der Waals surface area (Å²) < 4.78 is 0. The van der Waals surface area contributed by atoms with E-state index in [1.807, 2.05) is 0 Å². The molecule has 1 atom stereocenters. The fourth-order valence-electron chi connectivity index (χ4n) is 2.07. The summed E-state index contributed by atoms with van der Waals surface area (Å²) in [4.78, 5) is 0. The van der Waals surface area contributed by atoms with Crippen LogP contribution in [0.1, 0.15) is 44.9 Å². The summed E-state index contributed by atoms with van der Waals surface area (Å²) in [5.41, 5.74) is 0. The van der Waals surface area contributed by atoms with Crippen LogP contribution >= 0.6 is 11.8 Å². The quantitative estimate of drug-likeness (QED) is 0.528. The molecule has 0 saturated heterocycles. The average Bonchev–Trinajstić information content (AvgIpc) is 2.76. The topological polar surface area (TPSA) is 12.0 Å². The van der Waals surface area contributed by atoms with Gasteiger partial charge in [-0.25, -0.2) is 0 Å². The highest BCUT2D eigenvalue weighted by molar-refractivity contribution is 7.99. The lowest BCUT2D eigenvalue weighted by atomic mass is 10.1. The second-order valence-electron chi connectivity index (χ2n) is 4.32. The Morgan fingerprint density at radius 2 is 2.20 bits per heavy atom. The van der Waals surface area contributed by atoms with Crippen molar-refractivity contribution < 1.29 is 0 Å². The van der Waals surface area contributed by atoms with E-state index in [1.54, 1.807) is 0 Å². The Balaban J connectivity index is 2.07. The van der Waals surface area contributed by atoms with E-state index in [-0.39, 0.29) is 0 Å². The summed E-state index contributed by atoms with van der Waals surface area (Å²) in [6.07, 6.45) is 14.3. The number of nitrogens with one attached hydrogen (secondary N) is 1. The summed E-state index contributed by atoms with van der Waals surface area (Å²) >= 11 is 2.16. The smallest absolute Gasteiger partial charge is 0.0155 e. The Bertz CT molecular complexity index is 191. The van der Waals surface area contributed by atoms with Crippen LogP contribution in [0.3, 0.4) is 0 Å². The molecule has 1 aliphatic rings. The molecule has 86 valence electrons. The lowest BCUT2D eigenvalue weighted by molar-refractivity contribution is 0.553. The highest BCUT2D eigenvalue weighted by Crippen LogP contribution is 2.30. The molecule has 1 fully saturated rings. The Morgan fingerprint density at radius 1 is 1.47 bits per heavy atom. The van der Waals surface area contributed by atoms with Crippen LogP contribution in [0.4, 0.5) is 0 Å². The van der Waals surface area contributed by atoms with E-state index >= 15 is 0 Å². The van der Waals surface area contributed by atoms with Gasteiger partial charge in [0.05, 0.1) is 0 Å². The first-order valence-electron chi connectivity index (χ1n) is 6.09. The predicted molar refractivity (Wildman–Crippen MR) is 70.2 cm³/mol. The summed E-state index contributed by atoms with van der Waals surface area (Å²) in [6, 6.07) is 0.656. The Labute approximate surface area is 98.8 Å². The van der Waals surface area contributed by atoms with E-state index in [2.05, 4.69) is 30.0 Å². The molecule has 0 aromatic rings. The molecule has 0 aromatic carbocycles. The van der Waals surface area contributed by atoms with Crippen LogP contribution in [0.5, 0.6) is 0 Å². The van der Waals surface area contributed by atoms with Gasteiger partial charge in [0, 0.05) is 23.5 Å². The van der Waals surface area contributed by atoms with E-state index in [0.717, 1.165) is 18.1 Å². The van der Waals surface area contributed by atoms with E-state index < -0.39 is 0 Å². The number of thioether (sulfide) groups is 1. The zero-order chi connectivity index (χ0) is 10.9. The monoisotopic (exact) mass is 225 g/mol. The van der Waals surface area contributed by atoms with Crippen LogP contribution in [-0.4, -0.2) is 24.1 Å². The molecule has 0 aromatic heterocycles. The van der Waals surface area contributed by atoms with Crippen molar-refractivity contribution in [2.24, 2.45) is 0 Å². The first-order valence-corrected chi connectivity index (χ1v) is 7.14. The van der Waals surface area contributed by atoms with Crippen LogP contribution in [0.2, 0.25) is 0 Å². The molecule has 1 N–H and O–H groups in total. The Morgan fingerprint density at radius 3 is 2.80 bits per heavy atom. The van der Waals surface area contributed by atoms with Gasteiger partial charge in [0.15, 0.2) is 0 Å². The van der Waals surface area contributed by atoms with E-state index in [4.69, 9.17) is 6.42 Å². The normalized spacial score (nSPS) is 18.9. The zero-order valence-electron chi connectivity index (χ0n) is 9.80. The third kappa shape index (κ3) is 5.49. The van der Waals surface area contributed by atoms with Gasteiger partial charge >= 0.3 is 0 Å². The molecule has 2 heteroatoms. The van der Waals surface area contributed by atoms with Crippen molar-refractivity contribution in [1.29, 1.82) is 0 Å². The van der Waals surface area contributed by atoms with Crippen LogP contribution in [-0.2, 0) is 0 Å². The molecule has 1 nitrogen and oxygen atoms in total. The molecular formula is C13H23NS.